The van der Waals surface area contributed by atoms with Gasteiger partial charge in [-0.15, -0.1) is 6.58 Å². The Morgan fingerprint density at radius 3 is 3.00 bits per heavy atom. The molecule has 0 aromatic carbocycles. The molecule has 120 valence electrons. The summed E-state index contributed by atoms with van der Waals surface area (Å²) in [5.74, 6) is 0.669. The molecule has 1 saturated heterocycles. The van der Waals surface area contributed by atoms with Crippen molar-refractivity contribution in [2.75, 3.05) is 0 Å². The van der Waals surface area contributed by atoms with E-state index in [1.54, 1.807) is 12.3 Å². The van der Waals surface area contributed by atoms with E-state index in [4.69, 9.17) is 9.47 Å². The van der Waals surface area contributed by atoms with Gasteiger partial charge in [-0.2, -0.15) is 4.98 Å². The lowest BCUT2D eigenvalue weighted by Gasteiger charge is -2.19. The number of hydrogen-bond acceptors (Lipinski definition) is 4. The average molecular weight is 304 g/mol. The van der Waals surface area contributed by atoms with E-state index in [9.17, 15) is 4.79 Å². The molecule has 5 nitrogen and oxygen atoms in total. The maximum atomic E-state index is 12.2. The molecule has 22 heavy (non-hydrogen) atoms. The molecule has 0 N–H and O–H groups in total. The maximum Gasteiger partial charge on any atom is 0.349 e. The third kappa shape index (κ3) is 3.85. The highest BCUT2D eigenvalue weighted by Crippen LogP contribution is 2.33. The van der Waals surface area contributed by atoms with Crippen molar-refractivity contribution in [1.29, 1.82) is 0 Å². The lowest BCUT2D eigenvalue weighted by Crippen LogP contribution is -2.27. The van der Waals surface area contributed by atoms with Crippen molar-refractivity contribution in [2.24, 2.45) is 0 Å². The molecule has 0 bridgehead atoms. The number of ether oxygens (including phenoxy) is 2. The second-order valence-electron chi connectivity index (χ2n) is 5.61. The van der Waals surface area contributed by atoms with Crippen molar-refractivity contribution in [2.45, 2.75) is 58.0 Å². The second-order valence-corrected chi connectivity index (χ2v) is 5.61. The first-order valence-corrected chi connectivity index (χ1v) is 7.71. The topological polar surface area (TPSA) is 53.4 Å². The van der Waals surface area contributed by atoms with Gasteiger partial charge in [0.25, 0.3) is 0 Å². The van der Waals surface area contributed by atoms with Crippen LogP contribution in [0.3, 0.4) is 0 Å². The molecule has 5 heteroatoms. The lowest BCUT2D eigenvalue weighted by molar-refractivity contribution is -0.0300. The Balaban J connectivity index is 2.17. The standard InChI is InChI=1S/C17H24N2O3/c1-5-7-13-9-10-19(17(20)18-13)16-11-15(21-12(3)4)14(22-16)8-6-2/h5,9-10,14-16H,1,3,6-8,11H2,2,4H3. The monoisotopic (exact) mass is 304 g/mol. The van der Waals surface area contributed by atoms with E-state index >= 15 is 0 Å². The molecule has 2 heterocycles. The minimum Gasteiger partial charge on any atom is -0.493 e. The predicted molar refractivity (Wildman–Crippen MR) is 85.5 cm³/mol. The summed E-state index contributed by atoms with van der Waals surface area (Å²) in [4.78, 5) is 16.2. The minimum atomic E-state index is -0.335. The molecule has 1 aromatic rings. The van der Waals surface area contributed by atoms with Crippen LogP contribution in [0.15, 0.2) is 42.1 Å². The molecule has 3 unspecified atom stereocenters. The van der Waals surface area contributed by atoms with Crippen molar-refractivity contribution < 1.29 is 9.47 Å². The smallest absolute Gasteiger partial charge is 0.349 e. The molecule has 0 aliphatic carbocycles. The maximum absolute atomic E-state index is 12.2. The van der Waals surface area contributed by atoms with Crippen LogP contribution in [0.25, 0.3) is 0 Å². The van der Waals surface area contributed by atoms with Crippen LogP contribution in [0.2, 0.25) is 0 Å². The van der Waals surface area contributed by atoms with Gasteiger partial charge in [0.15, 0.2) is 0 Å². The zero-order chi connectivity index (χ0) is 16.1. The molecule has 0 amide bonds. The summed E-state index contributed by atoms with van der Waals surface area (Å²) in [5.41, 5.74) is 0.421. The Morgan fingerprint density at radius 1 is 1.64 bits per heavy atom. The van der Waals surface area contributed by atoms with Gasteiger partial charge in [0.1, 0.15) is 12.3 Å². The van der Waals surface area contributed by atoms with Crippen molar-refractivity contribution in [3.8, 4) is 0 Å². The zero-order valence-corrected chi connectivity index (χ0v) is 13.3. The molecule has 0 spiro atoms. The highest BCUT2D eigenvalue weighted by Gasteiger charge is 2.37. The molecular weight excluding hydrogens is 280 g/mol. The van der Waals surface area contributed by atoms with E-state index in [0.717, 1.165) is 12.8 Å². The third-order valence-electron chi connectivity index (χ3n) is 3.66. The van der Waals surface area contributed by atoms with Crippen LogP contribution < -0.4 is 5.69 Å². The number of nitrogens with zero attached hydrogens (tertiary/aromatic N) is 2. The summed E-state index contributed by atoms with van der Waals surface area (Å²) in [7, 11) is 0. The van der Waals surface area contributed by atoms with Gasteiger partial charge in [0.2, 0.25) is 0 Å². The van der Waals surface area contributed by atoms with E-state index in [1.807, 2.05) is 13.0 Å². The summed E-state index contributed by atoms with van der Waals surface area (Å²) in [5, 5.41) is 0. The fourth-order valence-corrected chi connectivity index (χ4v) is 2.72. The fraction of sp³-hybridized carbons (Fsp3) is 0.529. The van der Waals surface area contributed by atoms with Gasteiger partial charge >= 0.3 is 5.69 Å². The van der Waals surface area contributed by atoms with Gasteiger partial charge in [-0.25, -0.2) is 4.79 Å². The minimum absolute atomic E-state index is 0.0218. The Morgan fingerprint density at radius 2 is 2.41 bits per heavy atom. The van der Waals surface area contributed by atoms with Gasteiger partial charge in [-0.05, 0) is 19.4 Å². The number of aromatic nitrogens is 2. The van der Waals surface area contributed by atoms with E-state index in [1.165, 1.54) is 4.57 Å². The summed E-state index contributed by atoms with van der Waals surface area (Å²) >= 11 is 0. The first-order valence-electron chi connectivity index (χ1n) is 7.71. The predicted octanol–water partition coefficient (Wildman–Crippen LogP) is 2.98. The Hall–Kier alpha value is -1.88. The fourth-order valence-electron chi connectivity index (χ4n) is 2.72. The molecule has 0 radical (unpaired) electrons. The van der Waals surface area contributed by atoms with Crippen molar-refractivity contribution in [1.82, 2.24) is 9.55 Å². The lowest BCUT2D eigenvalue weighted by atomic mass is 10.1. The van der Waals surface area contributed by atoms with Crippen LogP contribution in [0.1, 0.15) is 45.0 Å². The largest absolute Gasteiger partial charge is 0.493 e. The molecule has 1 fully saturated rings. The second kappa shape index (κ2) is 7.40. The first kappa shape index (κ1) is 16.5. The van der Waals surface area contributed by atoms with Crippen molar-refractivity contribution >= 4 is 0 Å². The number of hydrogen-bond donors (Lipinski definition) is 0. The van der Waals surface area contributed by atoms with E-state index in [-0.39, 0.29) is 24.1 Å². The van der Waals surface area contributed by atoms with Crippen LogP contribution in [0, 0.1) is 0 Å². The van der Waals surface area contributed by atoms with E-state index < -0.39 is 0 Å². The van der Waals surface area contributed by atoms with Crippen molar-refractivity contribution in [3.63, 3.8) is 0 Å². The van der Waals surface area contributed by atoms with Gasteiger partial charge < -0.3 is 9.47 Å². The molecule has 1 aliphatic heterocycles. The summed E-state index contributed by atoms with van der Waals surface area (Å²) < 4.78 is 13.3. The quantitative estimate of drug-likeness (QED) is 0.574. The van der Waals surface area contributed by atoms with Crippen LogP contribution in [0.5, 0.6) is 0 Å². The van der Waals surface area contributed by atoms with Crippen LogP contribution in [-0.2, 0) is 15.9 Å². The number of rotatable bonds is 7. The molecule has 2 rings (SSSR count). The zero-order valence-electron chi connectivity index (χ0n) is 13.3. The Bertz CT molecular complexity index is 594. The van der Waals surface area contributed by atoms with Gasteiger partial charge in [0, 0.05) is 19.0 Å². The van der Waals surface area contributed by atoms with Gasteiger partial charge in [-0.3, -0.25) is 4.57 Å². The molecule has 1 aliphatic rings. The Labute approximate surface area is 131 Å². The first-order chi connectivity index (χ1) is 10.5. The SMILES string of the molecule is C=CCc1ccn(C2CC(OC(=C)C)C(CCC)O2)c(=O)n1. The average Bonchev–Trinajstić information content (AvgIpc) is 2.82. The summed E-state index contributed by atoms with van der Waals surface area (Å²) in [6.07, 6.45) is 6.15. The molecule has 1 aromatic heterocycles. The summed E-state index contributed by atoms with van der Waals surface area (Å²) in [6, 6.07) is 1.83. The van der Waals surface area contributed by atoms with Crippen LogP contribution in [0.4, 0.5) is 0 Å². The molecule has 3 atom stereocenters. The molecule has 0 saturated carbocycles. The third-order valence-corrected chi connectivity index (χ3v) is 3.66. The highest BCUT2D eigenvalue weighted by atomic mass is 16.6. The van der Waals surface area contributed by atoms with Crippen molar-refractivity contribution in [3.05, 3.63) is 53.4 Å². The van der Waals surface area contributed by atoms with Gasteiger partial charge in [0.05, 0.1) is 17.6 Å². The normalized spacial score (nSPS) is 24.2. The van der Waals surface area contributed by atoms with E-state index in [2.05, 4.69) is 25.1 Å². The summed E-state index contributed by atoms with van der Waals surface area (Å²) in [6.45, 7) is 11.4. The Kier molecular flexibility index (Phi) is 5.55. The van der Waals surface area contributed by atoms with Gasteiger partial charge in [-0.1, -0.05) is 26.0 Å². The highest BCUT2D eigenvalue weighted by molar-refractivity contribution is 5.04. The van der Waals surface area contributed by atoms with E-state index in [0.29, 0.717) is 24.3 Å². The number of allylic oxidation sites excluding steroid dienone is 2. The van der Waals surface area contributed by atoms with Crippen LogP contribution >= 0.6 is 0 Å². The van der Waals surface area contributed by atoms with Crippen LogP contribution in [-0.4, -0.2) is 21.8 Å². The molecular formula is C17H24N2O3.